The maximum Gasteiger partial charge on any atom is 0.0954 e. The first kappa shape index (κ1) is 15.4. The molecule has 108 valence electrons. The fourth-order valence-corrected chi connectivity index (χ4v) is 2.68. The van der Waals surface area contributed by atoms with Crippen LogP contribution in [0.3, 0.4) is 0 Å². The molecule has 2 rings (SSSR count). The molecule has 0 radical (unpaired) electrons. The Morgan fingerprint density at radius 1 is 1.25 bits per heavy atom. The SMILES string of the molecule is CC(C)NCc1cncn1C(C)c1ccc(Cl)cc1Cl. The molecule has 0 amide bonds. The Labute approximate surface area is 129 Å². The fraction of sp³-hybridized carbons (Fsp3) is 0.400. The van der Waals surface area contributed by atoms with Gasteiger partial charge in [0.1, 0.15) is 0 Å². The molecule has 5 heteroatoms. The van der Waals surface area contributed by atoms with Crippen molar-refractivity contribution in [2.24, 2.45) is 0 Å². The second-order valence-electron chi connectivity index (χ2n) is 5.17. The lowest BCUT2D eigenvalue weighted by molar-refractivity contribution is 0.539. The predicted molar refractivity (Wildman–Crippen MR) is 84.5 cm³/mol. The molecule has 0 aliphatic heterocycles. The lowest BCUT2D eigenvalue weighted by Gasteiger charge is -2.19. The maximum atomic E-state index is 6.29. The zero-order valence-corrected chi connectivity index (χ0v) is 13.4. The first-order valence-electron chi connectivity index (χ1n) is 6.68. The number of halogens is 2. The number of imidazole rings is 1. The molecule has 0 aliphatic carbocycles. The zero-order chi connectivity index (χ0) is 14.7. The third-order valence-electron chi connectivity index (χ3n) is 3.27. The minimum Gasteiger partial charge on any atom is -0.326 e. The summed E-state index contributed by atoms with van der Waals surface area (Å²) in [6.45, 7) is 7.14. The van der Waals surface area contributed by atoms with E-state index in [1.807, 2.05) is 24.7 Å². The summed E-state index contributed by atoms with van der Waals surface area (Å²) in [5, 5.41) is 4.74. The van der Waals surface area contributed by atoms with Gasteiger partial charge in [-0.15, -0.1) is 0 Å². The summed E-state index contributed by atoms with van der Waals surface area (Å²) in [7, 11) is 0. The second kappa shape index (κ2) is 6.61. The summed E-state index contributed by atoms with van der Waals surface area (Å²) < 4.78 is 2.13. The Balaban J connectivity index is 2.24. The van der Waals surface area contributed by atoms with Crippen molar-refractivity contribution in [1.29, 1.82) is 0 Å². The van der Waals surface area contributed by atoms with Gasteiger partial charge in [0.05, 0.1) is 18.1 Å². The molecular formula is C15H19Cl2N3. The highest BCUT2D eigenvalue weighted by Gasteiger charge is 2.14. The minimum atomic E-state index is 0.117. The average Bonchev–Trinajstić information content (AvgIpc) is 2.83. The largest absolute Gasteiger partial charge is 0.326 e. The van der Waals surface area contributed by atoms with E-state index in [-0.39, 0.29) is 6.04 Å². The quantitative estimate of drug-likeness (QED) is 0.892. The number of hydrogen-bond acceptors (Lipinski definition) is 2. The average molecular weight is 312 g/mol. The Hall–Kier alpha value is -1.03. The van der Waals surface area contributed by atoms with Gasteiger partial charge in [-0.1, -0.05) is 43.1 Å². The Bertz CT molecular complexity index is 578. The van der Waals surface area contributed by atoms with Gasteiger partial charge in [-0.25, -0.2) is 4.98 Å². The van der Waals surface area contributed by atoms with Crippen LogP contribution in [-0.2, 0) is 6.54 Å². The Morgan fingerprint density at radius 2 is 2.00 bits per heavy atom. The Morgan fingerprint density at radius 3 is 2.65 bits per heavy atom. The molecule has 1 heterocycles. The van der Waals surface area contributed by atoms with E-state index in [1.54, 1.807) is 6.07 Å². The van der Waals surface area contributed by atoms with Crippen molar-refractivity contribution in [3.8, 4) is 0 Å². The van der Waals surface area contributed by atoms with Crippen LogP contribution in [0.2, 0.25) is 10.0 Å². The van der Waals surface area contributed by atoms with Crippen LogP contribution < -0.4 is 5.32 Å². The highest BCUT2D eigenvalue weighted by molar-refractivity contribution is 6.35. The molecule has 1 N–H and O–H groups in total. The molecule has 20 heavy (non-hydrogen) atoms. The summed E-state index contributed by atoms with van der Waals surface area (Å²) in [6.07, 6.45) is 3.72. The lowest BCUT2D eigenvalue weighted by atomic mass is 10.1. The molecule has 1 unspecified atom stereocenters. The van der Waals surface area contributed by atoms with E-state index in [0.717, 1.165) is 17.8 Å². The van der Waals surface area contributed by atoms with Crippen molar-refractivity contribution in [2.75, 3.05) is 0 Å². The molecule has 0 bridgehead atoms. The summed E-state index contributed by atoms with van der Waals surface area (Å²) in [5.41, 5.74) is 2.18. The summed E-state index contributed by atoms with van der Waals surface area (Å²) in [6, 6.07) is 6.16. The smallest absolute Gasteiger partial charge is 0.0954 e. The number of hydrogen-bond donors (Lipinski definition) is 1. The van der Waals surface area contributed by atoms with E-state index in [2.05, 4.69) is 35.6 Å². The van der Waals surface area contributed by atoms with Crippen LogP contribution in [-0.4, -0.2) is 15.6 Å². The van der Waals surface area contributed by atoms with Crippen LogP contribution in [0.5, 0.6) is 0 Å². The van der Waals surface area contributed by atoms with Gasteiger partial charge in [0.15, 0.2) is 0 Å². The van der Waals surface area contributed by atoms with Gasteiger partial charge in [0, 0.05) is 28.8 Å². The van der Waals surface area contributed by atoms with Crippen LogP contribution in [0.1, 0.15) is 38.1 Å². The lowest BCUT2D eigenvalue weighted by Crippen LogP contribution is -2.24. The standard InChI is InChI=1S/C15H19Cl2N3/c1-10(2)19-8-13-7-18-9-20(13)11(3)14-5-4-12(16)6-15(14)17/h4-7,9-11,19H,8H2,1-3H3. The van der Waals surface area contributed by atoms with Crippen LogP contribution in [0, 0.1) is 0 Å². The number of benzene rings is 1. The van der Waals surface area contributed by atoms with Crippen LogP contribution in [0.4, 0.5) is 0 Å². The van der Waals surface area contributed by atoms with E-state index in [4.69, 9.17) is 23.2 Å². The molecule has 3 nitrogen and oxygen atoms in total. The molecule has 1 aromatic heterocycles. The summed E-state index contributed by atoms with van der Waals surface area (Å²) in [4.78, 5) is 4.25. The predicted octanol–water partition coefficient (Wildman–Crippen LogP) is 4.30. The van der Waals surface area contributed by atoms with Gasteiger partial charge in [0.25, 0.3) is 0 Å². The van der Waals surface area contributed by atoms with E-state index < -0.39 is 0 Å². The van der Waals surface area contributed by atoms with Gasteiger partial charge in [0.2, 0.25) is 0 Å². The number of aromatic nitrogens is 2. The highest BCUT2D eigenvalue weighted by atomic mass is 35.5. The van der Waals surface area contributed by atoms with Crippen LogP contribution >= 0.6 is 23.2 Å². The molecular weight excluding hydrogens is 293 g/mol. The fourth-order valence-electron chi connectivity index (χ4n) is 2.12. The van der Waals surface area contributed by atoms with Gasteiger partial charge < -0.3 is 9.88 Å². The van der Waals surface area contributed by atoms with E-state index in [9.17, 15) is 0 Å². The van der Waals surface area contributed by atoms with Gasteiger partial charge >= 0.3 is 0 Å². The molecule has 2 aromatic rings. The second-order valence-corrected chi connectivity index (χ2v) is 6.01. The van der Waals surface area contributed by atoms with Gasteiger partial charge in [-0.2, -0.15) is 0 Å². The van der Waals surface area contributed by atoms with Crippen molar-refractivity contribution in [3.05, 3.63) is 52.0 Å². The van der Waals surface area contributed by atoms with Crippen molar-refractivity contribution in [1.82, 2.24) is 14.9 Å². The third kappa shape index (κ3) is 3.54. The van der Waals surface area contributed by atoms with Crippen molar-refractivity contribution in [3.63, 3.8) is 0 Å². The highest BCUT2D eigenvalue weighted by Crippen LogP contribution is 2.29. The molecule has 0 saturated carbocycles. The van der Waals surface area contributed by atoms with E-state index >= 15 is 0 Å². The first-order valence-corrected chi connectivity index (χ1v) is 7.43. The minimum absolute atomic E-state index is 0.117. The van der Waals surface area contributed by atoms with Gasteiger partial charge in [-0.05, 0) is 24.6 Å². The zero-order valence-electron chi connectivity index (χ0n) is 11.9. The molecule has 1 aromatic carbocycles. The maximum absolute atomic E-state index is 6.29. The van der Waals surface area contributed by atoms with E-state index in [0.29, 0.717) is 16.1 Å². The summed E-state index contributed by atoms with van der Waals surface area (Å²) in [5.74, 6) is 0. The molecule has 0 aliphatic rings. The number of rotatable bonds is 5. The van der Waals surface area contributed by atoms with Gasteiger partial charge in [-0.3, -0.25) is 0 Å². The van der Waals surface area contributed by atoms with Crippen molar-refractivity contribution in [2.45, 2.75) is 39.4 Å². The monoisotopic (exact) mass is 311 g/mol. The molecule has 0 fully saturated rings. The molecule has 1 atom stereocenters. The summed E-state index contributed by atoms with van der Waals surface area (Å²) >= 11 is 12.2. The number of nitrogens with one attached hydrogen (secondary N) is 1. The normalized spacial score (nSPS) is 12.9. The van der Waals surface area contributed by atoms with Crippen LogP contribution in [0.25, 0.3) is 0 Å². The van der Waals surface area contributed by atoms with Crippen molar-refractivity contribution >= 4 is 23.2 Å². The van der Waals surface area contributed by atoms with Crippen molar-refractivity contribution < 1.29 is 0 Å². The van der Waals surface area contributed by atoms with E-state index in [1.165, 1.54) is 0 Å². The number of nitrogens with zero attached hydrogens (tertiary/aromatic N) is 2. The van der Waals surface area contributed by atoms with Crippen LogP contribution in [0.15, 0.2) is 30.7 Å². The first-order chi connectivity index (χ1) is 9.49. The topological polar surface area (TPSA) is 29.9 Å². The molecule has 0 saturated heterocycles. The third-order valence-corrected chi connectivity index (χ3v) is 3.83. The Kier molecular flexibility index (Phi) is 5.08. The molecule has 0 spiro atoms.